The van der Waals surface area contributed by atoms with E-state index < -0.39 is 0 Å². The molecule has 0 bridgehead atoms. The van der Waals surface area contributed by atoms with Crippen LogP contribution in [0.3, 0.4) is 0 Å². The van der Waals surface area contributed by atoms with E-state index in [1.807, 2.05) is 30.3 Å². The van der Waals surface area contributed by atoms with Gasteiger partial charge in [-0.15, -0.1) is 0 Å². The van der Waals surface area contributed by atoms with Crippen LogP contribution in [0, 0.1) is 6.92 Å². The van der Waals surface area contributed by atoms with E-state index in [9.17, 15) is 4.79 Å². The Morgan fingerprint density at radius 3 is 2.75 bits per heavy atom. The number of para-hydroxylation sites is 1. The lowest BCUT2D eigenvalue weighted by atomic mass is 10.1. The van der Waals surface area contributed by atoms with Crippen LogP contribution in [0.1, 0.15) is 16.7 Å². The summed E-state index contributed by atoms with van der Waals surface area (Å²) >= 11 is 1.71. The first kappa shape index (κ1) is 13.1. The van der Waals surface area contributed by atoms with Gasteiger partial charge in [0.1, 0.15) is 0 Å². The fourth-order valence-corrected chi connectivity index (χ4v) is 3.08. The zero-order valence-corrected chi connectivity index (χ0v) is 12.1. The van der Waals surface area contributed by atoms with Crippen LogP contribution in [-0.4, -0.2) is 4.98 Å². The average molecular weight is 284 g/mol. The van der Waals surface area contributed by atoms with Crippen LogP contribution >= 0.6 is 11.3 Å². The minimum absolute atomic E-state index is 0.0155. The topological polar surface area (TPSA) is 44.9 Å². The molecule has 0 spiro atoms. The number of fused-ring (bicyclic) bond motifs is 1. The van der Waals surface area contributed by atoms with E-state index in [2.05, 4.69) is 28.0 Å². The molecule has 0 fully saturated rings. The first-order valence-electron chi connectivity index (χ1n) is 6.57. The highest BCUT2D eigenvalue weighted by Gasteiger charge is 2.03. The Morgan fingerprint density at radius 2 is 1.95 bits per heavy atom. The van der Waals surface area contributed by atoms with Crippen molar-refractivity contribution in [2.45, 2.75) is 20.0 Å². The highest BCUT2D eigenvalue weighted by Crippen LogP contribution is 2.13. The Morgan fingerprint density at radius 1 is 1.15 bits per heavy atom. The Bertz CT molecular complexity index is 788. The second kappa shape index (κ2) is 5.61. The average Bonchev–Trinajstić information content (AvgIpc) is 2.85. The molecule has 102 valence electrons. The predicted octanol–water partition coefficient (Wildman–Crippen LogP) is 3.19. The lowest BCUT2D eigenvalue weighted by molar-refractivity contribution is 0.688. The summed E-state index contributed by atoms with van der Waals surface area (Å²) in [4.78, 5) is 14.9. The number of pyridine rings is 1. The van der Waals surface area contributed by atoms with Gasteiger partial charge in [0.25, 0.3) is 5.56 Å². The molecule has 0 aliphatic rings. The minimum Gasteiger partial charge on any atom is -0.322 e. The maximum Gasteiger partial charge on any atom is 0.252 e. The van der Waals surface area contributed by atoms with Crippen molar-refractivity contribution >= 4 is 22.2 Å². The van der Waals surface area contributed by atoms with Crippen LogP contribution < -0.4 is 10.9 Å². The van der Waals surface area contributed by atoms with E-state index in [4.69, 9.17) is 0 Å². The molecule has 3 aromatic rings. The van der Waals surface area contributed by atoms with Crippen molar-refractivity contribution < 1.29 is 0 Å². The van der Waals surface area contributed by atoms with Crippen LogP contribution in [-0.2, 0) is 13.1 Å². The van der Waals surface area contributed by atoms with Crippen LogP contribution in [0.2, 0.25) is 0 Å². The second-order valence-electron chi connectivity index (χ2n) is 4.89. The summed E-state index contributed by atoms with van der Waals surface area (Å²) in [6, 6.07) is 9.80. The first-order valence-corrected chi connectivity index (χ1v) is 7.51. The molecule has 4 heteroatoms. The van der Waals surface area contributed by atoms with Crippen LogP contribution in [0.15, 0.2) is 45.9 Å². The van der Waals surface area contributed by atoms with E-state index in [1.54, 1.807) is 11.3 Å². The number of benzene rings is 1. The summed E-state index contributed by atoms with van der Waals surface area (Å²) in [7, 11) is 0. The smallest absolute Gasteiger partial charge is 0.252 e. The Hall–Kier alpha value is -1.91. The second-order valence-corrected chi connectivity index (χ2v) is 5.64. The van der Waals surface area contributed by atoms with E-state index in [0.717, 1.165) is 23.0 Å². The zero-order valence-electron chi connectivity index (χ0n) is 11.3. The van der Waals surface area contributed by atoms with Crippen molar-refractivity contribution in [3.05, 3.63) is 68.1 Å². The summed E-state index contributed by atoms with van der Waals surface area (Å²) in [6.45, 7) is 3.48. The van der Waals surface area contributed by atoms with Crippen molar-refractivity contribution in [2.24, 2.45) is 0 Å². The molecule has 3 nitrogen and oxygen atoms in total. The molecule has 0 atom stereocenters. The third kappa shape index (κ3) is 2.66. The number of nitrogens with one attached hydrogen (secondary N) is 2. The molecule has 20 heavy (non-hydrogen) atoms. The van der Waals surface area contributed by atoms with Crippen LogP contribution in [0.5, 0.6) is 0 Å². The number of hydrogen-bond acceptors (Lipinski definition) is 3. The molecule has 2 aromatic heterocycles. The fourth-order valence-electron chi connectivity index (χ4n) is 2.22. The molecule has 2 heterocycles. The third-order valence-corrected chi connectivity index (χ3v) is 4.33. The summed E-state index contributed by atoms with van der Waals surface area (Å²) in [5.41, 5.74) is 4.24. The number of H-pyrrole nitrogens is 1. The molecule has 3 rings (SSSR count). The van der Waals surface area contributed by atoms with E-state index in [0.29, 0.717) is 6.54 Å². The molecule has 0 amide bonds. The zero-order chi connectivity index (χ0) is 13.9. The van der Waals surface area contributed by atoms with Gasteiger partial charge in [-0.2, -0.15) is 11.3 Å². The van der Waals surface area contributed by atoms with E-state index in [-0.39, 0.29) is 5.56 Å². The molecule has 0 saturated carbocycles. The van der Waals surface area contributed by atoms with Gasteiger partial charge in [0.15, 0.2) is 0 Å². The molecule has 0 aliphatic heterocycles. The largest absolute Gasteiger partial charge is 0.322 e. The summed E-state index contributed by atoms with van der Waals surface area (Å²) < 4.78 is 0. The van der Waals surface area contributed by atoms with Crippen LogP contribution in [0.4, 0.5) is 0 Å². The van der Waals surface area contributed by atoms with Gasteiger partial charge in [0.05, 0.1) is 0 Å². The number of thiophene rings is 1. The van der Waals surface area contributed by atoms with Crippen molar-refractivity contribution in [3.8, 4) is 0 Å². The van der Waals surface area contributed by atoms with Gasteiger partial charge in [-0.05, 0) is 46.3 Å². The Kier molecular flexibility index (Phi) is 3.67. The van der Waals surface area contributed by atoms with Crippen LogP contribution in [0.25, 0.3) is 10.9 Å². The molecule has 0 aliphatic carbocycles. The molecular weight excluding hydrogens is 268 g/mol. The number of aryl methyl sites for hydroxylation is 1. The number of aromatic amines is 1. The highest BCUT2D eigenvalue weighted by molar-refractivity contribution is 7.08. The van der Waals surface area contributed by atoms with Gasteiger partial charge in [0, 0.05) is 24.2 Å². The number of hydrogen-bond donors (Lipinski definition) is 2. The normalized spacial score (nSPS) is 11.1. The summed E-state index contributed by atoms with van der Waals surface area (Å²) in [5.74, 6) is 0. The number of rotatable bonds is 4. The fraction of sp³-hybridized carbons (Fsp3) is 0.188. The third-order valence-electron chi connectivity index (χ3n) is 3.42. The monoisotopic (exact) mass is 284 g/mol. The van der Waals surface area contributed by atoms with Crippen molar-refractivity contribution in [1.82, 2.24) is 10.3 Å². The van der Waals surface area contributed by atoms with Gasteiger partial charge in [-0.25, -0.2) is 0 Å². The molecule has 0 radical (unpaired) electrons. The summed E-state index contributed by atoms with van der Waals surface area (Å²) in [5, 5.41) is 8.69. The molecule has 0 unspecified atom stereocenters. The maximum absolute atomic E-state index is 12.0. The van der Waals surface area contributed by atoms with Gasteiger partial charge < -0.3 is 10.3 Å². The first-order chi connectivity index (χ1) is 9.74. The van der Waals surface area contributed by atoms with Crippen molar-refractivity contribution in [2.75, 3.05) is 0 Å². The van der Waals surface area contributed by atoms with E-state index in [1.165, 1.54) is 11.1 Å². The quantitative estimate of drug-likeness (QED) is 0.773. The minimum atomic E-state index is -0.0155. The van der Waals surface area contributed by atoms with Gasteiger partial charge in [0.2, 0.25) is 0 Å². The Balaban J connectivity index is 1.76. The number of aromatic nitrogens is 1. The summed E-state index contributed by atoms with van der Waals surface area (Å²) in [6.07, 6.45) is 0. The van der Waals surface area contributed by atoms with Crippen molar-refractivity contribution in [3.63, 3.8) is 0 Å². The Labute approximate surface area is 121 Å². The van der Waals surface area contributed by atoms with Gasteiger partial charge in [-0.1, -0.05) is 18.2 Å². The molecule has 0 saturated heterocycles. The standard InChI is InChI=1S/C16H16N2OS/c1-11-9-20-10-14(11)8-17-7-13-6-12-4-2-3-5-15(12)18-16(13)19/h2-6,9-10,17H,7-8H2,1H3,(H,18,19). The van der Waals surface area contributed by atoms with Gasteiger partial charge >= 0.3 is 0 Å². The highest BCUT2D eigenvalue weighted by atomic mass is 32.1. The van der Waals surface area contributed by atoms with Crippen molar-refractivity contribution in [1.29, 1.82) is 0 Å². The molecule has 2 N–H and O–H groups in total. The van der Waals surface area contributed by atoms with Gasteiger partial charge in [-0.3, -0.25) is 4.79 Å². The maximum atomic E-state index is 12.0. The SMILES string of the molecule is Cc1cscc1CNCc1cc2ccccc2[nH]c1=O. The lowest BCUT2D eigenvalue weighted by Gasteiger charge is -2.05. The molecule has 1 aromatic carbocycles. The lowest BCUT2D eigenvalue weighted by Crippen LogP contribution is -2.20. The molecular formula is C16H16N2OS. The van der Waals surface area contributed by atoms with E-state index >= 15 is 0 Å². The predicted molar refractivity (Wildman–Crippen MR) is 84.2 cm³/mol.